The number of fused-ring (bicyclic) bond motifs is 1. The first-order valence-electron chi connectivity index (χ1n) is 7.50. The van der Waals surface area contributed by atoms with E-state index in [0.29, 0.717) is 16.7 Å². The normalized spacial score (nSPS) is 11.8. The van der Waals surface area contributed by atoms with Gasteiger partial charge in [-0.25, -0.2) is 15.0 Å². The largest absolute Gasteiger partial charge is 0.481 e. The molecule has 0 amide bonds. The Hall–Kier alpha value is -2.24. The maximum atomic E-state index is 9.95. The predicted molar refractivity (Wildman–Crippen MR) is 94.3 cm³/mol. The van der Waals surface area contributed by atoms with Gasteiger partial charge in [-0.2, -0.15) is 0 Å². The number of halogens is 1. The van der Waals surface area contributed by atoms with Gasteiger partial charge in [0, 0.05) is 28.9 Å². The van der Waals surface area contributed by atoms with Crippen LogP contribution in [0, 0.1) is 6.92 Å². The Labute approximate surface area is 145 Å². The summed E-state index contributed by atoms with van der Waals surface area (Å²) >= 11 is 6.47. The number of nitrogens with zero attached hydrogens (tertiary/aromatic N) is 3. The fraction of sp³-hybridized carbons (Fsp3) is 0.278. The second-order valence-corrected chi connectivity index (χ2v) is 6.52. The average molecular weight is 344 g/mol. The topological polar surface area (TPSA) is 68.1 Å². The van der Waals surface area contributed by atoms with Crippen LogP contribution in [-0.4, -0.2) is 27.2 Å². The SMILES string of the molecule is COc1nc2ccc(-c3cnc(C(C)(C)O)nc3)cc2c(Cl)c1C. The predicted octanol–water partition coefficient (Wildman–Crippen LogP) is 3.89. The fourth-order valence-electron chi connectivity index (χ4n) is 2.47. The molecule has 0 spiro atoms. The van der Waals surface area contributed by atoms with Crippen molar-refractivity contribution in [2.45, 2.75) is 26.4 Å². The number of hydrogen-bond acceptors (Lipinski definition) is 5. The number of pyridine rings is 1. The molecule has 1 aromatic carbocycles. The summed E-state index contributed by atoms with van der Waals surface area (Å²) in [5.41, 5.74) is 2.27. The van der Waals surface area contributed by atoms with Gasteiger partial charge in [0.1, 0.15) is 5.60 Å². The van der Waals surface area contributed by atoms with Gasteiger partial charge in [0.2, 0.25) is 5.88 Å². The highest BCUT2D eigenvalue weighted by atomic mass is 35.5. The van der Waals surface area contributed by atoms with Crippen molar-refractivity contribution in [1.29, 1.82) is 0 Å². The summed E-state index contributed by atoms with van der Waals surface area (Å²) in [6, 6.07) is 5.78. The van der Waals surface area contributed by atoms with Gasteiger partial charge < -0.3 is 9.84 Å². The highest BCUT2D eigenvalue weighted by molar-refractivity contribution is 6.36. The summed E-state index contributed by atoms with van der Waals surface area (Å²) in [5.74, 6) is 0.908. The molecule has 0 saturated carbocycles. The van der Waals surface area contributed by atoms with E-state index in [9.17, 15) is 5.11 Å². The Kier molecular flexibility index (Phi) is 4.15. The van der Waals surface area contributed by atoms with Crippen molar-refractivity contribution in [2.75, 3.05) is 7.11 Å². The Bertz CT molecular complexity index is 903. The zero-order chi connectivity index (χ0) is 17.5. The molecule has 6 heteroatoms. The van der Waals surface area contributed by atoms with E-state index < -0.39 is 5.60 Å². The van der Waals surface area contributed by atoms with Crippen molar-refractivity contribution in [2.24, 2.45) is 0 Å². The van der Waals surface area contributed by atoms with E-state index in [2.05, 4.69) is 15.0 Å². The first-order valence-corrected chi connectivity index (χ1v) is 7.88. The van der Waals surface area contributed by atoms with E-state index >= 15 is 0 Å². The standard InChI is InChI=1S/C18H18ClN3O2/c1-10-15(19)13-7-11(5-6-14(13)22-16(10)24-4)12-8-20-17(21-9-12)18(2,3)23/h5-9,23H,1-4H3. The van der Waals surface area contributed by atoms with Crippen LogP contribution in [0.15, 0.2) is 30.6 Å². The highest BCUT2D eigenvalue weighted by Gasteiger charge is 2.19. The van der Waals surface area contributed by atoms with Gasteiger partial charge in [-0.05, 0) is 38.5 Å². The summed E-state index contributed by atoms with van der Waals surface area (Å²) in [5, 5.41) is 11.4. The summed E-state index contributed by atoms with van der Waals surface area (Å²) in [6.45, 7) is 5.18. The minimum atomic E-state index is -1.07. The molecule has 24 heavy (non-hydrogen) atoms. The summed E-state index contributed by atoms with van der Waals surface area (Å²) in [7, 11) is 1.58. The van der Waals surface area contributed by atoms with Gasteiger partial charge in [-0.1, -0.05) is 17.7 Å². The van der Waals surface area contributed by atoms with Crippen LogP contribution in [0.3, 0.4) is 0 Å². The van der Waals surface area contributed by atoms with Crippen LogP contribution in [0.1, 0.15) is 25.2 Å². The van der Waals surface area contributed by atoms with Crippen molar-refractivity contribution in [3.63, 3.8) is 0 Å². The molecule has 0 fully saturated rings. The number of hydrogen-bond donors (Lipinski definition) is 1. The molecule has 0 bridgehead atoms. The lowest BCUT2D eigenvalue weighted by molar-refractivity contribution is 0.0687. The van der Waals surface area contributed by atoms with E-state index in [-0.39, 0.29) is 0 Å². The van der Waals surface area contributed by atoms with Crippen LogP contribution < -0.4 is 4.74 Å². The third-order valence-corrected chi connectivity index (χ3v) is 4.32. The molecule has 0 aliphatic carbocycles. The molecule has 5 nitrogen and oxygen atoms in total. The van der Waals surface area contributed by atoms with Crippen LogP contribution in [0.25, 0.3) is 22.0 Å². The average Bonchev–Trinajstić information content (AvgIpc) is 2.57. The minimum Gasteiger partial charge on any atom is -0.481 e. The number of methoxy groups -OCH3 is 1. The Morgan fingerprint density at radius 2 is 1.79 bits per heavy atom. The summed E-state index contributed by atoms with van der Waals surface area (Å²) < 4.78 is 5.25. The van der Waals surface area contributed by atoms with Gasteiger partial charge in [0.25, 0.3) is 0 Å². The van der Waals surface area contributed by atoms with Gasteiger partial charge >= 0.3 is 0 Å². The maximum absolute atomic E-state index is 9.95. The van der Waals surface area contributed by atoms with Crippen molar-refractivity contribution < 1.29 is 9.84 Å². The van der Waals surface area contributed by atoms with Gasteiger partial charge in [0.15, 0.2) is 5.82 Å². The number of rotatable bonds is 3. The molecule has 1 N–H and O–H groups in total. The van der Waals surface area contributed by atoms with Crippen molar-refractivity contribution in [3.05, 3.63) is 47.0 Å². The Balaban J connectivity index is 2.09. The summed E-state index contributed by atoms with van der Waals surface area (Å²) in [4.78, 5) is 13.0. The smallest absolute Gasteiger partial charge is 0.218 e. The fourth-order valence-corrected chi connectivity index (χ4v) is 2.70. The molecule has 0 saturated heterocycles. The molecular formula is C18H18ClN3O2. The summed E-state index contributed by atoms with van der Waals surface area (Å²) in [6.07, 6.45) is 3.39. The second kappa shape index (κ2) is 6.00. The molecule has 124 valence electrons. The van der Waals surface area contributed by atoms with E-state index in [1.165, 1.54) is 0 Å². The molecule has 0 aliphatic rings. The van der Waals surface area contributed by atoms with Crippen molar-refractivity contribution in [3.8, 4) is 17.0 Å². The number of ether oxygens (including phenoxy) is 1. The van der Waals surface area contributed by atoms with Crippen molar-refractivity contribution in [1.82, 2.24) is 15.0 Å². The third-order valence-electron chi connectivity index (χ3n) is 3.83. The molecular weight excluding hydrogens is 326 g/mol. The number of aliphatic hydroxyl groups is 1. The van der Waals surface area contributed by atoms with Crippen LogP contribution in [0.4, 0.5) is 0 Å². The van der Waals surface area contributed by atoms with Crippen LogP contribution in [0.2, 0.25) is 5.02 Å². The van der Waals surface area contributed by atoms with E-state index in [4.69, 9.17) is 16.3 Å². The first kappa shape index (κ1) is 16.6. The van der Waals surface area contributed by atoms with E-state index in [1.54, 1.807) is 33.4 Å². The lowest BCUT2D eigenvalue weighted by Gasteiger charge is -2.15. The van der Waals surface area contributed by atoms with Gasteiger partial charge in [-0.3, -0.25) is 0 Å². The zero-order valence-corrected chi connectivity index (χ0v) is 14.7. The molecule has 2 heterocycles. The lowest BCUT2D eigenvalue weighted by Crippen LogP contribution is -2.19. The quantitative estimate of drug-likeness (QED) is 0.781. The van der Waals surface area contributed by atoms with E-state index in [0.717, 1.165) is 27.6 Å². The van der Waals surface area contributed by atoms with Gasteiger partial charge in [-0.15, -0.1) is 0 Å². The Morgan fingerprint density at radius 1 is 1.12 bits per heavy atom. The molecule has 3 rings (SSSR count). The third kappa shape index (κ3) is 2.92. The van der Waals surface area contributed by atoms with Gasteiger partial charge in [0.05, 0.1) is 17.6 Å². The highest BCUT2D eigenvalue weighted by Crippen LogP contribution is 2.34. The minimum absolute atomic E-state index is 0.382. The second-order valence-electron chi connectivity index (χ2n) is 6.15. The zero-order valence-electron chi connectivity index (χ0n) is 14.0. The lowest BCUT2D eigenvalue weighted by atomic mass is 10.0. The molecule has 0 unspecified atom stereocenters. The van der Waals surface area contributed by atoms with Crippen molar-refractivity contribution >= 4 is 22.5 Å². The number of benzene rings is 1. The molecule has 2 aromatic heterocycles. The van der Waals surface area contributed by atoms with Crippen LogP contribution in [-0.2, 0) is 5.60 Å². The first-order chi connectivity index (χ1) is 11.3. The molecule has 0 aliphatic heterocycles. The van der Waals surface area contributed by atoms with Crippen LogP contribution >= 0.6 is 11.6 Å². The molecule has 0 radical (unpaired) electrons. The number of aromatic nitrogens is 3. The molecule has 0 atom stereocenters. The monoisotopic (exact) mass is 343 g/mol. The molecule has 3 aromatic rings. The maximum Gasteiger partial charge on any atom is 0.218 e. The van der Waals surface area contributed by atoms with Crippen LogP contribution in [0.5, 0.6) is 5.88 Å². The van der Waals surface area contributed by atoms with E-state index in [1.807, 2.05) is 25.1 Å². The Morgan fingerprint density at radius 3 is 2.38 bits per heavy atom.